The monoisotopic (exact) mass is 669 g/mol. The average molecular weight is 670 g/mol. The van der Waals surface area contributed by atoms with Gasteiger partial charge in [0.05, 0.1) is 11.0 Å². The lowest BCUT2D eigenvalue weighted by atomic mass is 9.95. The highest BCUT2D eigenvalue weighted by Crippen LogP contribution is 2.34. The first kappa shape index (κ1) is 34.0. The van der Waals surface area contributed by atoms with Crippen molar-refractivity contribution in [2.75, 3.05) is 0 Å². The zero-order chi connectivity index (χ0) is 35.7. The van der Waals surface area contributed by atoms with Gasteiger partial charge in [-0.05, 0) is 99.3 Å². The standard InChI is InChI=1S/C42H29N.C7H10.C2H4/c1-2-11-30(12-3-1)32-13-8-15-34(27-32)36-17-10-18-37(29-36)35-16-9-14-33(28-35)31-23-25-38(26-24-31)43-41-21-6-4-19-39(41)40-20-5-7-22-42(40)43;1-7-5-3-2-4-6-7;1-2/h1-29H;2-5,7H,6H2,1H3;1-2H2. The van der Waals surface area contributed by atoms with Gasteiger partial charge in [0, 0.05) is 16.5 Å². The SMILES string of the molecule is C=C.CC1C=CC=CC1.c1ccc(-c2cccc(-c3cccc(-c4cccc(-c5ccc(-n6c7ccccc7c7ccccc76)cc5)c4)c3)c2)cc1. The van der Waals surface area contributed by atoms with Crippen LogP contribution in [0, 0.1) is 5.92 Å². The Kier molecular flexibility index (Phi) is 10.5. The van der Waals surface area contributed by atoms with E-state index in [0.29, 0.717) is 0 Å². The van der Waals surface area contributed by atoms with E-state index in [2.05, 4.69) is 225 Å². The lowest BCUT2D eigenvalue weighted by molar-refractivity contribution is 0.737. The molecular weight excluding hydrogens is 627 g/mol. The van der Waals surface area contributed by atoms with Gasteiger partial charge in [0.25, 0.3) is 0 Å². The van der Waals surface area contributed by atoms with E-state index in [1.807, 2.05) is 0 Å². The first-order valence-corrected chi connectivity index (χ1v) is 18.0. The summed E-state index contributed by atoms with van der Waals surface area (Å²) in [5.41, 5.74) is 13.4. The molecule has 0 fully saturated rings. The number of fused-ring (bicyclic) bond motifs is 3. The summed E-state index contributed by atoms with van der Waals surface area (Å²) in [6, 6.07) is 63.4. The number of rotatable bonds is 5. The van der Waals surface area contributed by atoms with Crippen molar-refractivity contribution in [3.8, 4) is 50.2 Å². The molecule has 0 radical (unpaired) electrons. The van der Waals surface area contributed by atoms with Gasteiger partial charge in [-0.1, -0.05) is 165 Å². The molecule has 1 aliphatic carbocycles. The van der Waals surface area contributed by atoms with Crippen molar-refractivity contribution in [1.82, 2.24) is 4.57 Å². The smallest absolute Gasteiger partial charge is 0.0541 e. The van der Waals surface area contributed by atoms with Crippen LogP contribution in [0.15, 0.2) is 213 Å². The van der Waals surface area contributed by atoms with Crippen LogP contribution in [-0.4, -0.2) is 4.57 Å². The van der Waals surface area contributed by atoms with E-state index >= 15 is 0 Å². The zero-order valence-corrected chi connectivity index (χ0v) is 29.7. The Morgan fingerprint density at radius 2 is 0.827 bits per heavy atom. The molecule has 1 atom stereocenters. The van der Waals surface area contributed by atoms with Gasteiger partial charge in [-0.15, -0.1) is 13.2 Å². The summed E-state index contributed by atoms with van der Waals surface area (Å²) in [5, 5.41) is 2.56. The molecule has 1 unspecified atom stereocenters. The number of aromatic nitrogens is 1. The van der Waals surface area contributed by atoms with Crippen molar-refractivity contribution >= 4 is 21.8 Å². The zero-order valence-electron chi connectivity index (χ0n) is 29.7. The Balaban J connectivity index is 0.000000416. The van der Waals surface area contributed by atoms with E-state index in [1.54, 1.807) is 0 Å². The molecule has 1 aliphatic rings. The Morgan fingerprint density at radius 3 is 1.25 bits per heavy atom. The molecule has 0 spiro atoms. The van der Waals surface area contributed by atoms with E-state index in [1.165, 1.54) is 78.4 Å². The highest BCUT2D eigenvalue weighted by atomic mass is 15.0. The minimum atomic E-state index is 0.769. The van der Waals surface area contributed by atoms with Crippen LogP contribution in [0.2, 0.25) is 0 Å². The number of allylic oxidation sites excluding steroid dienone is 4. The van der Waals surface area contributed by atoms with E-state index < -0.39 is 0 Å². The van der Waals surface area contributed by atoms with E-state index in [0.717, 1.165) is 5.92 Å². The molecule has 8 aromatic rings. The Labute approximate surface area is 308 Å². The van der Waals surface area contributed by atoms with Crippen LogP contribution in [0.5, 0.6) is 0 Å². The van der Waals surface area contributed by atoms with Crippen molar-refractivity contribution in [3.63, 3.8) is 0 Å². The van der Waals surface area contributed by atoms with Gasteiger partial charge in [0.2, 0.25) is 0 Å². The Hall–Kier alpha value is -6.44. The summed E-state index contributed by atoms with van der Waals surface area (Å²) in [6.07, 6.45) is 9.84. The van der Waals surface area contributed by atoms with E-state index in [9.17, 15) is 0 Å². The molecule has 1 aromatic heterocycles. The molecule has 9 rings (SSSR count). The van der Waals surface area contributed by atoms with Crippen LogP contribution in [0.25, 0.3) is 72.0 Å². The lowest BCUT2D eigenvalue weighted by Gasteiger charge is -2.11. The van der Waals surface area contributed by atoms with Crippen LogP contribution in [0.4, 0.5) is 0 Å². The Bertz CT molecular complexity index is 2420. The molecule has 1 heteroatoms. The summed E-state index contributed by atoms with van der Waals surface area (Å²) >= 11 is 0. The molecule has 1 nitrogen and oxygen atoms in total. The number of benzene rings is 7. The van der Waals surface area contributed by atoms with Crippen LogP contribution >= 0.6 is 0 Å². The Morgan fingerprint density at radius 1 is 0.423 bits per heavy atom. The fourth-order valence-corrected chi connectivity index (χ4v) is 6.97. The van der Waals surface area contributed by atoms with Crippen molar-refractivity contribution in [2.45, 2.75) is 13.3 Å². The molecule has 0 N–H and O–H groups in total. The summed E-state index contributed by atoms with van der Waals surface area (Å²) in [4.78, 5) is 0. The van der Waals surface area contributed by atoms with Gasteiger partial charge in [-0.25, -0.2) is 0 Å². The van der Waals surface area contributed by atoms with Gasteiger partial charge in [0.15, 0.2) is 0 Å². The van der Waals surface area contributed by atoms with Gasteiger partial charge in [0.1, 0.15) is 0 Å². The third-order valence-electron chi connectivity index (χ3n) is 9.60. The van der Waals surface area contributed by atoms with E-state index in [4.69, 9.17) is 0 Å². The van der Waals surface area contributed by atoms with Crippen LogP contribution in [0.3, 0.4) is 0 Å². The normalized spacial score (nSPS) is 13.2. The fraction of sp³-hybridized carbons (Fsp3) is 0.0588. The van der Waals surface area contributed by atoms with Crippen LogP contribution in [-0.2, 0) is 0 Å². The van der Waals surface area contributed by atoms with Crippen molar-refractivity contribution in [3.05, 3.63) is 213 Å². The number of nitrogens with zero attached hydrogens (tertiary/aromatic N) is 1. The first-order valence-electron chi connectivity index (χ1n) is 18.0. The molecule has 0 saturated heterocycles. The van der Waals surface area contributed by atoms with Gasteiger partial charge >= 0.3 is 0 Å². The minimum absolute atomic E-state index is 0.769. The number of para-hydroxylation sites is 2. The second-order valence-corrected chi connectivity index (χ2v) is 13.1. The van der Waals surface area contributed by atoms with Gasteiger partial charge < -0.3 is 4.57 Å². The van der Waals surface area contributed by atoms with Gasteiger partial charge in [-0.3, -0.25) is 0 Å². The number of hydrogen-bond donors (Lipinski definition) is 0. The van der Waals surface area contributed by atoms with E-state index in [-0.39, 0.29) is 0 Å². The predicted molar refractivity (Wildman–Crippen MR) is 226 cm³/mol. The molecule has 0 aliphatic heterocycles. The summed E-state index contributed by atoms with van der Waals surface area (Å²) in [7, 11) is 0. The fourth-order valence-electron chi connectivity index (χ4n) is 6.97. The highest BCUT2D eigenvalue weighted by Gasteiger charge is 2.12. The summed E-state index contributed by atoms with van der Waals surface area (Å²) in [5.74, 6) is 0.769. The molecule has 1 heterocycles. The first-order chi connectivity index (χ1) is 25.7. The number of hydrogen-bond acceptors (Lipinski definition) is 0. The molecule has 0 bridgehead atoms. The molecule has 0 saturated carbocycles. The maximum atomic E-state index is 3.00. The lowest BCUT2D eigenvalue weighted by Crippen LogP contribution is -1.93. The summed E-state index contributed by atoms with van der Waals surface area (Å²) in [6.45, 7) is 8.22. The maximum absolute atomic E-state index is 3.00. The summed E-state index contributed by atoms with van der Waals surface area (Å²) < 4.78 is 2.36. The molecule has 252 valence electrons. The van der Waals surface area contributed by atoms with Gasteiger partial charge in [-0.2, -0.15) is 0 Å². The van der Waals surface area contributed by atoms with Crippen molar-refractivity contribution < 1.29 is 0 Å². The topological polar surface area (TPSA) is 4.93 Å². The second kappa shape index (κ2) is 16.1. The van der Waals surface area contributed by atoms with Crippen molar-refractivity contribution in [1.29, 1.82) is 0 Å². The average Bonchev–Trinajstić information content (AvgIpc) is 3.57. The maximum Gasteiger partial charge on any atom is 0.0541 e. The molecule has 52 heavy (non-hydrogen) atoms. The molecule has 7 aromatic carbocycles. The highest BCUT2D eigenvalue weighted by molar-refractivity contribution is 6.09. The quantitative estimate of drug-likeness (QED) is 0.161. The van der Waals surface area contributed by atoms with Crippen molar-refractivity contribution in [2.24, 2.45) is 5.92 Å². The molecular formula is C51H43N. The van der Waals surface area contributed by atoms with Crippen LogP contribution in [0.1, 0.15) is 13.3 Å². The van der Waals surface area contributed by atoms with Crippen LogP contribution < -0.4 is 0 Å². The third kappa shape index (κ3) is 7.36. The molecule has 0 amide bonds. The largest absolute Gasteiger partial charge is 0.309 e. The second-order valence-electron chi connectivity index (χ2n) is 13.1. The predicted octanol–water partition coefficient (Wildman–Crippen LogP) is 14.4. The minimum Gasteiger partial charge on any atom is -0.309 e. The third-order valence-corrected chi connectivity index (χ3v) is 9.60.